The molecule has 9 nitrogen and oxygen atoms in total. The zero-order valence-corrected chi connectivity index (χ0v) is 19.3. The Morgan fingerprint density at radius 2 is 2.00 bits per heavy atom. The predicted molar refractivity (Wildman–Crippen MR) is 124 cm³/mol. The zero-order valence-electron chi connectivity index (χ0n) is 19.3. The maximum absolute atomic E-state index is 13.8. The van der Waals surface area contributed by atoms with Gasteiger partial charge in [0.15, 0.2) is 0 Å². The molecule has 0 spiro atoms. The minimum absolute atomic E-state index is 0.0283. The van der Waals surface area contributed by atoms with E-state index in [0.29, 0.717) is 25.1 Å². The molecule has 3 rings (SSSR count). The number of anilines is 2. The van der Waals surface area contributed by atoms with E-state index in [2.05, 4.69) is 5.32 Å². The zero-order chi connectivity index (χ0) is 25.0. The van der Waals surface area contributed by atoms with E-state index in [0.717, 1.165) is 12.1 Å². The molecule has 10 heteroatoms. The van der Waals surface area contributed by atoms with Gasteiger partial charge in [-0.1, -0.05) is 0 Å². The normalized spacial score (nSPS) is 16.1. The molecule has 1 saturated heterocycles. The number of aliphatic hydroxyl groups is 1. The van der Waals surface area contributed by atoms with Crippen LogP contribution in [0.1, 0.15) is 49.5 Å². The Morgan fingerprint density at radius 3 is 2.65 bits per heavy atom. The topological polar surface area (TPSA) is 122 Å². The molecule has 1 amide bonds. The summed E-state index contributed by atoms with van der Waals surface area (Å²) in [6.07, 6.45) is 0.499. The van der Waals surface area contributed by atoms with E-state index >= 15 is 0 Å². The molecule has 2 N–H and O–H groups in total. The van der Waals surface area contributed by atoms with Crippen LogP contribution < -0.4 is 10.2 Å². The summed E-state index contributed by atoms with van der Waals surface area (Å²) in [5, 5.41) is 24.2. The second kappa shape index (κ2) is 10.2. The first-order valence-corrected chi connectivity index (χ1v) is 11.0. The minimum Gasteiger partial charge on any atom is -0.460 e. The predicted octanol–water partition coefficient (Wildman–Crippen LogP) is 3.83. The molecule has 1 aliphatic heterocycles. The highest BCUT2D eigenvalue weighted by atomic mass is 19.1. The van der Waals surface area contributed by atoms with Crippen LogP contribution in [0.2, 0.25) is 0 Å². The fourth-order valence-corrected chi connectivity index (χ4v) is 3.81. The van der Waals surface area contributed by atoms with E-state index < -0.39 is 34.3 Å². The third kappa shape index (κ3) is 6.50. The maximum Gasteiger partial charge on any atom is 0.310 e. The number of halogens is 1. The van der Waals surface area contributed by atoms with Crippen molar-refractivity contribution in [2.45, 2.75) is 51.7 Å². The van der Waals surface area contributed by atoms with Crippen molar-refractivity contribution < 1.29 is 28.7 Å². The Kier molecular flexibility index (Phi) is 7.51. The van der Waals surface area contributed by atoms with Crippen molar-refractivity contribution in [1.82, 2.24) is 0 Å². The second-order valence-corrected chi connectivity index (χ2v) is 9.22. The summed E-state index contributed by atoms with van der Waals surface area (Å²) >= 11 is 0. The first kappa shape index (κ1) is 25.1. The van der Waals surface area contributed by atoms with Gasteiger partial charge in [0.25, 0.3) is 11.6 Å². The van der Waals surface area contributed by atoms with Crippen molar-refractivity contribution in [3.8, 4) is 0 Å². The summed E-state index contributed by atoms with van der Waals surface area (Å²) in [7, 11) is 0. The average molecular weight is 474 g/mol. The molecular formula is C24H28FN3O6. The van der Waals surface area contributed by atoms with Crippen molar-refractivity contribution in [3.05, 3.63) is 63.5 Å². The van der Waals surface area contributed by atoms with Crippen LogP contribution >= 0.6 is 0 Å². The molecule has 34 heavy (non-hydrogen) atoms. The highest BCUT2D eigenvalue weighted by molar-refractivity contribution is 6.05. The van der Waals surface area contributed by atoms with Crippen LogP contribution in [0.3, 0.4) is 0 Å². The van der Waals surface area contributed by atoms with Crippen molar-refractivity contribution in [3.63, 3.8) is 0 Å². The number of carbonyl (C=O) groups excluding carboxylic acids is 2. The van der Waals surface area contributed by atoms with Crippen molar-refractivity contribution in [2.75, 3.05) is 23.3 Å². The van der Waals surface area contributed by atoms with Crippen molar-refractivity contribution >= 4 is 28.9 Å². The molecule has 0 bridgehead atoms. The van der Waals surface area contributed by atoms with Gasteiger partial charge in [0, 0.05) is 30.4 Å². The molecule has 182 valence electrons. The first-order valence-electron chi connectivity index (χ1n) is 11.0. The lowest BCUT2D eigenvalue weighted by Crippen LogP contribution is -2.38. The third-order valence-corrected chi connectivity index (χ3v) is 5.24. The molecular weight excluding hydrogens is 445 g/mol. The van der Waals surface area contributed by atoms with Crippen LogP contribution in [-0.4, -0.2) is 46.7 Å². The number of piperidine rings is 1. The van der Waals surface area contributed by atoms with Crippen molar-refractivity contribution in [2.24, 2.45) is 0 Å². The largest absolute Gasteiger partial charge is 0.460 e. The SMILES string of the molecule is CC(C)(C)OC(=O)Cc1cc(F)ccc1NC(=O)c1ccc(N2CCCC(O)C2)c([N+](=O)[O-])c1. The molecule has 2 aromatic carbocycles. The van der Waals surface area contributed by atoms with Gasteiger partial charge in [0.05, 0.1) is 17.4 Å². The third-order valence-electron chi connectivity index (χ3n) is 5.24. The minimum atomic E-state index is -0.723. The lowest BCUT2D eigenvalue weighted by atomic mass is 10.1. The van der Waals surface area contributed by atoms with Gasteiger partial charge in [-0.2, -0.15) is 0 Å². The fourth-order valence-electron chi connectivity index (χ4n) is 3.81. The van der Waals surface area contributed by atoms with Gasteiger partial charge in [0.1, 0.15) is 17.1 Å². The number of nitrogens with zero attached hydrogens (tertiary/aromatic N) is 2. The Labute approximate surface area is 196 Å². The van der Waals surface area contributed by atoms with Gasteiger partial charge in [0.2, 0.25) is 0 Å². The summed E-state index contributed by atoms with van der Waals surface area (Å²) in [5.41, 5.74) is -0.207. The smallest absolute Gasteiger partial charge is 0.310 e. The van der Waals surface area contributed by atoms with E-state index in [-0.39, 0.29) is 35.5 Å². The highest BCUT2D eigenvalue weighted by Gasteiger charge is 2.26. The van der Waals surface area contributed by atoms with Gasteiger partial charge in [-0.3, -0.25) is 19.7 Å². The molecule has 1 unspecified atom stereocenters. The van der Waals surface area contributed by atoms with Gasteiger partial charge >= 0.3 is 5.97 Å². The van der Waals surface area contributed by atoms with Crippen LogP contribution in [0.25, 0.3) is 0 Å². The molecule has 0 aliphatic carbocycles. The van der Waals surface area contributed by atoms with E-state index in [1.165, 1.54) is 24.3 Å². The average Bonchev–Trinajstić information content (AvgIpc) is 2.73. The van der Waals surface area contributed by atoms with Crippen molar-refractivity contribution in [1.29, 1.82) is 0 Å². The number of esters is 1. The summed E-state index contributed by atoms with van der Waals surface area (Å²) in [6, 6.07) is 7.70. The fraction of sp³-hybridized carbons (Fsp3) is 0.417. The van der Waals surface area contributed by atoms with Gasteiger partial charge in [-0.15, -0.1) is 0 Å². The second-order valence-electron chi connectivity index (χ2n) is 9.22. The molecule has 0 aromatic heterocycles. The van der Waals surface area contributed by atoms with Crippen LogP contribution in [-0.2, 0) is 16.0 Å². The van der Waals surface area contributed by atoms with E-state index in [9.17, 15) is 29.2 Å². The van der Waals surface area contributed by atoms with Crippen LogP contribution in [0.5, 0.6) is 0 Å². The summed E-state index contributed by atoms with van der Waals surface area (Å²) in [5.74, 6) is -1.82. The Balaban J connectivity index is 1.83. The number of nitro benzene ring substituents is 1. The Bertz CT molecular complexity index is 1100. The molecule has 1 atom stereocenters. The molecule has 0 radical (unpaired) electrons. The van der Waals surface area contributed by atoms with Gasteiger partial charge in [-0.25, -0.2) is 4.39 Å². The quantitative estimate of drug-likeness (QED) is 0.371. The van der Waals surface area contributed by atoms with Gasteiger partial charge in [-0.05, 0) is 69.5 Å². The van der Waals surface area contributed by atoms with E-state index in [1.807, 2.05) is 0 Å². The summed E-state index contributed by atoms with van der Waals surface area (Å²) in [4.78, 5) is 38.0. The Morgan fingerprint density at radius 1 is 1.26 bits per heavy atom. The van der Waals surface area contributed by atoms with E-state index in [4.69, 9.17) is 4.74 Å². The Hall–Kier alpha value is -3.53. The number of nitro groups is 1. The number of ether oxygens (including phenoxy) is 1. The number of rotatable bonds is 6. The standard InChI is InChI=1S/C24H28FN3O6/c1-24(2,3)34-22(30)13-16-11-17(25)7-8-19(16)26-23(31)15-6-9-20(21(12-15)28(32)33)27-10-4-5-18(29)14-27/h6-9,11-12,18,29H,4-5,10,13-14H2,1-3H3,(H,26,31). The number of carbonyl (C=O) groups is 2. The first-order chi connectivity index (χ1) is 15.9. The number of amides is 1. The molecule has 0 saturated carbocycles. The van der Waals surface area contributed by atoms with Crippen LogP contribution in [0, 0.1) is 15.9 Å². The number of aliphatic hydroxyl groups excluding tert-OH is 1. The summed E-state index contributed by atoms with van der Waals surface area (Å²) in [6.45, 7) is 5.96. The number of β-amino-alcohol motifs (C(OH)–C–C–N with tert-alkyl or cyclic N) is 1. The molecule has 1 aliphatic rings. The summed E-state index contributed by atoms with van der Waals surface area (Å²) < 4.78 is 19.1. The van der Waals surface area contributed by atoms with Gasteiger partial charge < -0.3 is 20.1 Å². The van der Waals surface area contributed by atoms with E-state index in [1.54, 1.807) is 25.7 Å². The highest BCUT2D eigenvalue weighted by Crippen LogP contribution is 2.32. The number of nitrogens with one attached hydrogen (secondary N) is 1. The van der Waals surface area contributed by atoms with Crippen LogP contribution in [0.4, 0.5) is 21.5 Å². The maximum atomic E-state index is 13.8. The number of hydrogen-bond acceptors (Lipinski definition) is 7. The molecule has 1 heterocycles. The number of hydrogen-bond donors (Lipinski definition) is 2. The van der Waals surface area contributed by atoms with Crippen LogP contribution in [0.15, 0.2) is 36.4 Å². The lowest BCUT2D eigenvalue weighted by molar-refractivity contribution is -0.384. The monoisotopic (exact) mass is 473 g/mol. The lowest BCUT2D eigenvalue weighted by Gasteiger charge is -2.31. The molecule has 1 fully saturated rings. The number of benzene rings is 2. The molecule has 2 aromatic rings.